The monoisotopic (exact) mass is 266 g/mol. The first-order valence-corrected chi connectivity index (χ1v) is 7.14. The Kier molecular flexibility index (Phi) is 3.78. The van der Waals surface area contributed by atoms with Gasteiger partial charge in [0.1, 0.15) is 5.76 Å². The molecule has 0 atom stereocenters. The van der Waals surface area contributed by atoms with Crippen LogP contribution in [0.3, 0.4) is 0 Å². The third kappa shape index (κ3) is 3.68. The highest BCUT2D eigenvalue weighted by atomic mass is 32.2. The summed E-state index contributed by atoms with van der Waals surface area (Å²) in [4.78, 5) is 0. The number of hydrogen-bond donors (Lipinski definition) is 1. The molecule has 2 aromatic rings. The lowest BCUT2D eigenvalue weighted by Gasteiger charge is -2.04. The van der Waals surface area contributed by atoms with Gasteiger partial charge in [-0.2, -0.15) is 0 Å². The molecule has 6 heteroatoms. The van der Waals surface area contributed by atoms with Gasteiger partial charge in [-0.25, -0.2) is 13.1 Å². The third-order valence-corrected chi connectivity index (χ3v) is 3.65. The summed E-state index contributed by atoms with van der Waals surface area (Å²) in [5, 5.41) is 3.72. The Labute approximate surface area is 106 Å². The lowest BCUT2D eigenvalue weighted by molar-refractivity contribution is 0.390. The summed E-state index contributed by atoms with van der Waals surface area (Å²) >= 11 is 0. The van der Waals surface area contributed by atoms with Crippen molar-refractivity contribution in [2.24, 2.45) is 0 Å². The van der Waals surface area contributed by atoms with Crippen molar-refractivity contribution in [1.82, 2.24) is 9.88 Å². The van der Waals surface area contributed by atoms with E-state index < -0.39 is 10.0 Å². The van der Waals surface area contributed by atoms with Gasteiger partial charge in [-0.3, -0.25) is 0 Å². The van der Waals surface area contributed by atoms with Gasteiger partial charge in [0.05, 0.1) is 18.0 Å². The van der Waals surface area contributed by atoms with Crippen LogP contribution in [0.4, 0.5) is 0 Å². The molecular weight excluding hydrogens is 252 g/mol. The molecule has 1 aromatic heterocycles. The van der Waals surface area contributed by atoms with E-state index in [1.807, 2.05) is 18.2 Å². The molecule has 0 bridgehead atoms. The summed E-state index contributed by atoms with van der Waals surface area (Å²) in [6.07, 6.45) is 0. The molecule has 0 saturated heterocycles. The minimum absolute atomic E-state index is 0.0370. The quantitative estimate of drug-likeness (QED) is 0.892. The first kappa shape index (κ1) is 12.8. The first-order valence-electron chi connectivity index (χ1n) is 5.49. The van der Waals surface area contributed by atoms with Gasteiger partial charge < -0.3 is 4.52 Å². The van der Waals surface area contributed by atoms with Crippen LogP contribution in [0.1, 0.15) is 17.0 Å². The molecule has 0 aliphatic heterocycles. The van der Waals surface area contributed by atoms with Crippen LogP contribution >= 0.6 is 0 Å². The van der Waals surface area contributed by atoms with Gasteiger partial charge in [0, 0.05) is 6.07 Å². The molecule has 0 saturated carbocycles. The molecule has 0 unspecified atom stereocenters. The fraction of sp³-hybridized carbons (Fsp3) is 0.250. The molecule has 0 aliphatic rings. The molecule has 1 heterocycles. The summed E-state index contributed by atoms with van der Waals surface area (Å²) in [5.41, 5.74) is 1.32. The zero-order valence-electron chi connectivity index (χ0n) is 9.96. The highest BCUT2D eigenvalue weighted by molar-refractivity contribution is 7.88. The van der Waals surface area contributed by atoms with Crippen molar-refractivity contribution < 1.29 is 12.9 Å². The predicted octanol–water partition coefficient (Wildman–Crippen LogP) is 1.60. The molecule has 0 amide bonds. The van der Waals surface area contributed by atoms with Crippen molar-refractivity contribution in [2.45, 2.75) is 19.2 Å². The van der Waals surface area contributed by atoms with Gasteiger partial charge in [-0.05, 0) is 12.5 Å². The van der Waals surface area contributed by atoms with Crippen LogP contribution in [-0.4, -0.2) is 13.6 Å². The van der Waals surface area contributed by atoms with Crippen LogP contribution in [-0.2, 0) is 22.3 Å². The molecule has 96 valence electrons. The predicted molar refractivity (Wildman–Crippen MR) is 67.1 cm³/mol. The van der Waals surface area contributed by atoms with E-state index in [1.54, 1.807) is 25.1 Å². The van der Waals surface area contributed by atoms with E-state index in [0.29, 0.717) is 11.5 Å². The first-order chi connectivity index (χ1) is 8.55. The van der Waals surface area contributed by atoms with Crippen molar-refractivity contribution in [3.05, 3.63) is 53.4 Å². The largest absolute Gasteiger partial charge is 0.361 e. The zero-order chi connectivity index (χ0) is 13.0. The topological polar surface area (TPSA) is 72.2 Å². The maximum Gasteiger partial charge on any atom is 0.216 e. The highest BCUT2D eigenvalue weighted by Crippen LogP contribution is 2.06. The maximum absolute atomic E-state index is 11.8. The van der Waals surface area contributed by atoms with Crippen molar-refractivity contribution in [3.63, 3.8) is 0 Å². The number of nitrogens with one attached hydrogen (secondary N) is 1. The SMILES string of the molecule is Cc1cc(CNS(=O)(=O)Cc2ccccc2)no1. The number of aryl methyl sites for hydroxylation is 1. The lowest BCUT2D eigenvalue weighted by Crippen LogP contribution is -2.24. The Morgan fingerprint density at radius 2 is 2.00 bits per heavy atom. The zero-order valence-corrected chi connectivity index (χ0v) is 10.8. The molecule has 2 rings (SSSR count). The molecule has 1 aromatic carbocycles. The minimum Gasteiger partial charge on any atom is -0.361 e. The Bertz CT molecular complexity index is 605. The maximum atomic E-state index is 11.8. The number of benzene rings is 1. The third-order valence-electron chi connectivity index (χ3n) is 2.35. The normalized spacial score (nSPS) is 11.6. The van der Waals surface area contributed by atoms with Crippen LogP contribution in [0.25, 0.3) is 0 Å². The van der Waals surface area contributed by atoms with Crippen LogP contribution in [0.5, 0.6) is 0 Å². The van der Waals surface area contributed by atoms with Gasteiger partial charge in [0.15, 0.2) is 0 Å². The van der Waals surface area contributed by atoms with Gasteiger partial charge >= 0.3 is 0 Å². The Hall–Kier alpha value is -1.66. The van der Waals surface area contributed by atoms with Crippen molar-refractivity contribution in [1.29, 1.82) is 0 Å². The molecule has 0 radical (unpaired) electrons. The molecule has 1 N–H and O–H groups in total. The lowest BCUT2D eigenvalue weighted by atomic mass is 10.2. The molecule has 0 fully saturated rings. The summed E-state index contributed by atoms with van der Waals surface area (Å²) in [6, 6.07) is 10.7. The number of hydrogen-bond acceptors (Lipinski definition) is 4. The smallest absolute Gasteiger partial charge is 0.216 e. The minimum atomic E-state index is -3.36. The summed E-state index contributed by atoms with van der Waals surface area (Å²) < 4.78 is 31.0. The fourth-order valence-corrected chi connectivity index (χ4v) is 2.63. The number of rotatable bonds is 5. The van der Waals surface area contributed by atoms with E-state index in [-0.39, 0.29) is 12.3 Å². The van der Waals surface area contributed by atoms with Crippen molar-refractivity contribution >= 4 is 10.0 Å². The molecule has 18 heavy (non-hydrogen) atoms. The Morgan fingerprint density at radius 3 is 2.61 bits per heavy atom. The van der Waals surface area contributed by atoms with Crippen molar-refractivity contribution in [2.75, 3.05) is 0 Å². The van der Waals surface area contributed by atoms with Gasteiger partial charge in [-0.1, -0.05) is 35.5 Å². The second-order valence-corrected chi connectivity index (χ2v) is 5.80. The van der Waals surface area contributed by atoms with Crippen molar-refractivity contribution in [3.8, 4) is 0 Å². The van der Waals surface area contributed by atoms with E-state index in [9.17, 15) is 8.42 Å². The van der Waals surface area contributed by atoms with Crippen LogP contribution in [0, 0.1) is 6.92 Å². The standard InChI is InChI=1S/C12H14N2O3S/c1-10-7-12(14-17-10)8-13-18(15,16)9-11-5-3-2-4-6-11/h2-7,13H,8-9H2,1H3. The van der Waals surface area contributed by atoms with E-state index in [1.165, 1.54) is 0 Å². The van der Waals surface area contributed by atoms with Gasteiger partial charge in [0.25, 0.3) is 0 Å². The molecule has 5 nitrogen and oxygen atoms in total. The van der Waals surface area contributed by atoms with Gasteiger partial charge in [-0.15, -0.1) is 0 Å². The van der Waals surface area contributed by atoms with E-state index in [4.69, 9.17) is 4.52 Å². The van der Waals surface area contributed by atoms with Crippen LogP contribution in [0.15, 0.2) is 40.9 Å². The number of sulfonamides is 1. The second kappa shape index (κ2) is 5.32. The summed E-state index contributed by atoms with van der Waals surface area (Å²) in [6.45, 7) is 1.90. The number of aromatic nitrogens is 1. The van der Waals surface area contributed by atoms with Crippen LogP contribution in [0.2, 0.25) is 0 Å². The number of nitrogens with zero attached hydrogens (tertiary/aromatic N) is 1. The van der Waals surface area contributed by atoms with E-state index >= 15 is 0 Å². The Morgan fingerprint density at radius 1 is 1.28 bits per heavy atom. The molecule has 0 spiro atoms. The van der Waals surface area contributed by atoms with Crippen LogP contribution < -0.4 is 4.72 Å². The summed E-state index contributed by atoms with van der Waals surface area (Å²) in [5.74, 6) is 0.622. The molecular formula is C12H14N2O3S. The van der Waals surface area contributed by atoms with Gasteiger partial charge in [0.2, 0.25) is 10.0 Å². The van der Waals surface area contributed by atoms with E-state index in [2.05, 4.69) is 9.88 Å². The Balaban J connectivity index is 1.96. The summed E-state index contributed by atoms with van der Waals surface area (Å²) in [7, 11) is -3.36. The molecule has 0 aliphatic carbocycles. The highest BCUT2D eigenvalue weighted by Gasteiger charge is 2.12. The van der Waals surface area contributed by atoms with E-state index in [0.717, 1.165) is 5.56 Å². The average Bonchev–Trinajstić information content (AvgIpc) is 2.74. The average molecular weight is 266 g/mol. The second-order valence-electron chi connectivity index (χ2n) is 3.99. The fourth-order valence-electron chi connectivity index (χ4n) is 1.53.